The monoisotopic (exact) mass is 289 g/mol. The molecule has 3 heteroatoms. The van der Waals surface area contributed by atoms with Gasteiger partial charge in [-0.05, 0) is 36.5 Å². The summed E-state index contributed by atoms with van der Waals surface area (Å²) in [6, 6.07) is 8.34. The Balaban J connectivity index is 2.07. The Bertz CT molecular complexity index is 459. The highest BCUT2D eigenvalue weighted by atomic mass is 16.5. The van der Waals surface area contributed by atoms with Crippen molar-refractivity contribution in [2.24, 2.45) is 5.92 Å². The summed E-state index contributed by atoms with van der Waals surface area (Å²) in [6.07, 6.45) is 5.40. The van der Waals surface area contributed by atoms with Crippen molar-refractivity contribution < 1.29 is 9.53 Å². The molecule has 1 aliphatic rings. The van der Waals surface area contributed by atoms with Crippen molar-refractivity contribution in [2.75, 3.05) is 13.7 Å². The van der Waals surface area contributed by atoms with Crippen LogP contribution in [0.4, 0.5) is 0 Å². The van der Waals surface area contributed by atoms with Gasteiger partial charge in [-0.15, -0.1) is 0 Å². The summed E-state index contributed by atoms with van der Waals surface area (Å²) in [4.78, 5) is 12.0. The molecule has 0 radical (unpaired) electrons. The quantitative estimate of drug-likeness (QED) is 0.867. The average molecular weight is 289 g/mol. The van der Waals surface area contributed by atoms with E-state index in [4.69, 9.17) is 4.74 Å². The van der Waals surface area contributed by atoms with Gasteiger partial charge in [-0.1, -0.05) is 38.8 Å². The van der Waals surface area contributed by atoms with E-state index in [1.807, 2.05) is 12.1 Å². The van der Waals surface area contributed by atoms with Crippen LogP contribution in [0.2, 0.25) is 0 Å². The van der Waals surface area contributed by atoms with Crippen LogP contribution in [0.25, 0.3) is 0 Å². The topological polar surface area (TPSA) is 38.3 Å². The summed E-state index contributed by atoms with van der Waals surface area (Å²) >= 11 is 0. The lowest BCUT2D eigenvalue weighted by Gasteiger charge is -2.30. The Kier molecular flexibility index (Phi) is 5.27. The molecule has 2 rings (SSSR count). The van der Waals surface area contributed by atoms with Gasteiger partial charge in [-0.3, -0.25) is 4.79 Å². The normalized spacial score (nSPS) is 17.0. The second kappa shape index (κ2) is 6.97. The number of benzene rings is 1. The number of nitrogens with one attached hydrogen (secondary N) is 1. The summed E-state index contributed by atoms with van der Waals surface area (Å²) in [5, 5.41) is 3.15. The van der Waals surface area contributed by atoms with Gasteiger partial charge in [0.25, 0.3) is 0 Å². The minimum Gasteiger partial charge on any atom is -0.497 e. The van der Waals surface area contributed by atoms with Gasteiger partial charge in [0.05, 0.1) is 7.11 Å². The van der Waals surface area contributed by atoms with Gasteiger partial charge in [0.15, 0.2) is 0 Å². The SMILES string of the molecule is COc1ccc(C2(CNC(=O)CC(C)C)CCCC2)cc1. The van der Waals surface area contributed by atoms with E-state index in [9.17, 15) is 4.79 Å². The molecule has 116 valence electrons. The molecule has 0 aromatic heterocycles. The Morgan fingerprint density at radius 2 is 1.86 bits per heavy atom. The van der Waals surface area contributed by atoms with Crippen LogP contribution in [0.15, 0.2) is 24.3 Å². The van der Waals surface area contributed by atoms with Crippen LogP contribution in [0, 0.1) is 5.92 Å². The van der Waals surface area contributed by atoms with E-state index in [1.54, 1.807) is 7.11 Å². The van der Waals surface area contributed by atoms with Crippen LogP contribution in [0.5, 0.6) is 5.75 Å². The highest BCUT2D eigenvalue weighted by Gasteiger charge is 2.35. The lowest BCUT2D eigenvalue weighted by Crippen LogP contribution is -2.39. The number of carbonyl (C=O) groups excluding carboxylic acids is 1. The smallest absolute Gasteiger partial charge is 0.220 e. The summed E-state index contributed by atoms with van der Waals surface area (Å²) < 4.78 is 5.24. The van der Waals surface area contributed by atoms with Crippen LogP contribution in [-0.2, 0) is 10.2 Å². The fraction of sp³-hybridized carbons (Fsp3) is 0.611. The second-order valence-corrected chi connectivity index (χ2v) is 6.59. The van der Waals surface area contributed by atoms with Gasteiger partial charge < -0.3 is 10.1 Å². The van der Waals surface area contributed by atoms with Gasteiger partial charge in [0, 0.05) is 18.4 Å². The summed E-state index contributed by atoms with van der Waals surface area (Å²) in [7, 11) is 1.69. The van der Waals surface area contributed by atoms with Crippen LogP contribution in [0.3, 0.4) is 0 Å². The summed E-state index contributed by atoms with van der Waals surface area (Å²) in [5.74, 6) is 1.46. The maximum Gasteiger partial charge on any atom is 0.220 e. The molecule has 1 aromatic rings. The molecule has 0 saturated heterocycles. The van der Waals surface area contributed by atoms with Crippen LogP contribution < -0.4 is 10.1 Å². The van der Waals surface area contributed by atoms with Gasteiger partial charge in [0.1, 0.15) is 5.75 Å². The molecule has 0 atom stereocenters. The van der Waals surface area contributed by atoms with Crippen molar-refractivity contribution >= 4 is 5.91 Å². The molecule has 0 spiro atoms. The predicted octanol–water partition coefficient (Wildman–Crippen LogP) is 3.67. The fourth-order valence-electron chi connectivity index (χ4n) is 3.27. The molecule has 1 N–H and O–H groups in total. The van der Waals surface area contributed by atoms with E-state index in [-0.39, 0.29) is 11.3 Å². The third kappa shape index (κ3) is 3.99. The third-order valence-electron chi connectivity index (χ3n) is 4.48. The minimum atomic E-state index is 0.110. The second-order valence-electron chi connectivity index (χ2n) is 6.59. The van der Waals surface area contributed by atoms with Crippen molar-refractivity contribution in [3.8, 4) is 5.75 Å². The number of methoxy groups -OCH3 is 1. The van der Waals surface area contributed by atoms with Crippen LogP contribution in [0.1, 0.15) is 51.5 Å². The molecular formula is C18H27NO2. The number of amides is 1. The van der Waals surface area contributed by atoms with Crippen LogP contribution in [-0.4, -0.2) is 19.6 Å². The maximum absolute atomic E-state index is 12.0. The highest BCUT2D eigenvalue weighted by molar-refractivity contribution is 5.76. The molecule has 21 heavy (non-hydrogen) atoms. The molecule has 1 amide bonds. The maximum atomic E-state index is 12.0. The van der Waals surface area contributed by atoms with Crippen molar-refractivity contribution in [1.29, 1.82) is 0 Å². The van der Waals surface area contributed by atoms with E-state index in [0.29, 0.717) is 12.3 Å². The van der Waals surface area contributed by atoms with Crippen molar-refractivity contribution in [1.82, 2.24) is 5.32 Å². The van der Waals surface area contributed by atoms with Gasteiger partial charge in [-0.25, -0.2) is 0 Å². The lowest BCUT2D eigenvalue weighted by atomic mass is 9.78. The first-order chi connectivity index (χ1) is 10.1. The highest BCUT2D eigenvalue weighted by Crippen LogP contribution is 2.41. The van der Waals surface area contributed by atoms with Crippen LogP contribution >= 0.6 is 0 Å². The fourth-order valence-corrected chi connectivity index (χ4v) is 3.27. The Labute approximate surface area is 128 Å². The molecule has 1 fully saturated rings. The number of hydrogen-bond donors (Lipinski definition) is 1. The number of hydrogen-bond acceptors (Lipinski definition) is 2. The first kappa shape index (κ1) is 15.9. The van der Waals surface area contributed by atoms with E-state index in [1.165, 1.54) is 18.4 Å². The zero-order chi connectivity index (χ0) is 15.3. The Morgan fingerprint density at radius 1 is 1.24 bits per heavy atom. The van der Waals surface area contributed by atoms with Crippen molar-refractivity contribution in [3.63, 3.8) is 0 Å². The first-order valence-electron chi connectivity index (χ1n) is 7.97. The average Bonchev–Trinajstić information content (AvgIpc) is 2.95. The van der Waals surface area contributed by atoms with E-state index in [0.717, 1.165) is 25.1 Å². The predicted molar refractivity (Wildman–Crippen MR) is 85.6 cm³/mol. The number of rotatable bonds is 6. The number of carbonyl (C=O) groups is 1. The summed E-state index contributed by atoms with van der Waals surface area (Å²) in [5.41, 5.74) is 1.43. The van der Waals surface area contributed by atoms with Gasteiger partial charge in [0.2, 0.25) is 5.91 Å². The van der Waals surface area contributed by atoms with E-state index >= 15 is 0 Å². The molecule has 0 unspecified atom stereocenters. The Hall–Kier alpha value is -1.51. The first-order valence-corrected chi connectivity index (χ1v) is 7.97. The molecule has 0 heterocycles. The Morgan fingerprint density at radius 3 is 2.38 bits per heavy atom. The molecule has 3 nitrogen and oxygen atoms in total. The molecule has 0 bridgehead atoms. The van der Waals surface area contributed by atoms with E-state index < -0.39 is 0 Å². The van der Waals surface area contributed by atoms with Gasteiger partial charge >= 0.3 is 0 Å². The molecule has 1 aliphatic carbocycles. The van der Waals surface area contributed by atoms with E-state index in [2.05, 4.69) is 31.3 Å². The molecule has 0 aliphatic heterocycles. The van der Waals surface area contributed by atoms with Gasteiger partial charge in [-0.2, -0.15) is 0 Å². The van der Waals surface area contributed by atoms with Crippen molar-refractivity contribution in [3.05, 3.63) is 29.8 Å². The third-order valence-corrected chi connectivity index (χ3v) is 4.48. The van der Waals surface area contributed by atoms with Crippen molar-refractivity contribution in [2.45, 2.75) is 51.4 Å². The number of ether oxygens (including phenoxy) is 1. The molecule has 1 saturated carbocycles. The summed E-state index contributed by atoms with van der Waals surface area (Å²) in [6.45, 7) is 4.91. The molecular weight excluding hydrogens is 262 g/mol. The molecule has 1 aromatic carbocycles. The zero-order valence-corrected chi connectivity index (χ0v) is 13.4. The largest absolute Gasteiger partial charge is 0.497 e. The minimum absolute atomic E-state index is 0.110. The standard InChI is InChI=1S/C18H27NO2/c1-14(2)12-17(20)19-13-18(10-4-5-11-18)15-6-8-16(21-3)9-7-15/h6-9,14H,4-5,10-13H2,1-3H3,(H,19,20). The zero-order valence-electron chi connectivity index (χ0n) is 13.4. The lowest BCUT2D eigenvalue weighted by molar-refractivity contribution is -0.122.